The van der Waals surface area contributed by atoms with E-state index in [-0.39, 0.29) is 37.5 Å². The third-order valence-electron chi connectivity index (χ3n) is 5.64. The Balaban J connectivity index is 1.57. The SMILES string of the molecule is CNC(=O)c1ncc(N2CCCc3cc(C(=O)N4CCC(F)(F)CC4)cnc32)cc1F. The zero-order chi connectivity index (χ0) is 22.2. The number of nitrogens with one attached hydrogen (secondary N) is 1. The molecule has 4 rings (SSSR count). The molecule has 2 aromatic rings. The van der Waals surface area contributed by atoms with E-state index in [1.807, 2.05) is 0 Å². The Labute approximate surface area is 177 Å². The van der Waals surface area contributed by atoms with E-state index in [0.29, 0.717) is 30.0 Å². The number of aromatic nitrogens is 2. The van der Waals surface area contributed by atoms with Crippen LogP contribution in [-0.2, 0) is 6.42 Å². The number of halogens is 3. The predicted octanol–water partition coefficient (Wildman–Crippen LogP) is 2.93. The molecule has 4 heterocycles. The van der Waals surface area contributed by atoms with Crippen LogP contribution in [0.3, 0.4) is 0 Å². The van der Waals surface area contributed by atoms with Crippen LogP contribution >= 0.6 is 0 Å². The Hall–Kier alpha value is -3.17. The van der Waals surface area contributed by atoms with E-state index in [2.05, 4.69) is 15.3 Å². The van der Waals surface area contributed by atoms with Gasteiger partial charge < -0.3 is 15.1 Å². The van der Waals surface area contributed by atoms with Gasteiger partial charge in [0.1, 0.15) is 5.82 Å². The van der Waals surface area contributed by atoms with Crippen LogP contribution in [0.5, 0.6) is 0 Å². The first-order chi connectivity index (χ1) is 14.8. The molecule has 2 aliphatic heterocycles. The molecule has 164 valence electrons. The lowest BCUT2D eigenvalue weighted by Crippen LogP contribution is -2.42. The fourth-order valence-electron chi connectivity index (χ4n) is 3.91. The summed E-state index contributed by atoms with van der Waals surface area (Å²) >= 11 is 0. The summed E-state index contributed by atoms with van der Waals surface area (Å²) in [6.45, 7) is 0.601. The van der Waals surface area contributed by atoms with Crippen LogP contribution in [0.2, 0.25) is 0 Å². The average Bonchev–Trinajstić information content (AvgIpc) is 2.77. The minimum absolute atomic E-state index is 0.0116. The molecule has 2 aliphatic rings. The number of aryl methyl sites for hydroxylation is 1. The van der Waals surface area contributed by atoms with Crippen molar-refractivity contribution in [3.8, 4) is 0 Å². The molecule has 0 atom stereocenters. The van der Waals surface area contributed by atoms with Crippen molar-refractivity contribution >= 4 is 23.3 Å². The summed E-state index contributed by atoms with van der Waals surface area (Å²) in [5.74, 6) is -3.80. The van der Waals surface area contributed by atoms with E-state index in [1.54, 1.807) is 11.0 Å². The van der Waals surface area contributed by atoms with Gasteiger partial charge in [0.05, 0.1) is 17.4 Å². The molecule has 0 unspecified atom stereocenters. The molecule has 0 bridgehead atoms. The van der Waals surface area contributed by atoms with Crippen LogP contribution in [0.15, 0.2) is 24.5 Å². The molecular formula is C21H22F3N5O2. The van der Waals surface area contributed by atoms with E-state index in [1.165, 1.54) is 30.4 Å². The Kier molecular flexibility index (Phi) is 5.55. The Bertz CT molecular complexity index is 1020. The number of anilines is 2. The average molecular weight is 433 g/mol. The van der Waals surface area contributed by atoms with Crippen LogP contribution in [0.4, 0.5) is 24.7 Å². The normalized spacial score (nSPS) is 17.8. The zero-order valence-electron chi connectivity index (χ0n) is 17.0. The molecule has 0 aliphatic carbocycles. The van der Waals surface area contributed by atoms with Crippen LogP contribution in [0, 0.1) is 5.82 Å². The third-order valence-corrected chi connectivity index (χ3v) is 5.64. The van der Waals surface area contributed by atoms with Crippen molar-refractivity contribution in [2.75, 3.05) is 31.6 Å². The van der Waals surface area contributed by atoms with Gasteiger partial charge >= 0.3 is 0 Å². The minimum Gasteiger partial charge on any atom is -0.354 e. The van der Waals surface area contributed by atoms with Crippen LogP contribution in [-0.4, -0.2) is 59.3 Å². The molecule has 2 aromatic heterocycles. The van der Waals surface area contributed by atoms with Crippen molar-refractivity contribution in [3.05, 3.63) is 47.2 Å². The number of hydrogen-bond acceptors (Lipinski definition) is 5. The second-order valence-corrected chi connectivity index (χ2v) is 7.71. The minimum atomic E-state index is -2.72. The molecule has 2 amide bonds. The molecular weight excluding hydrogens is 411 g/mol. The number of fused-ring (bicyclic) bond motifs is 1. The fourth-order valence-corrected chi connectivity index (χ4v) is 3.91. The molecule has 0 aromatic carbocycles. The summed E-state index contributed by atoms with van der Waals surface area (Å²) in [5, 5.41) is 2.34. The number of rotatable bonds is 3. The highest BCUT2D eigenvalue weighted by atomic mass is 19.3. The molecule has 1 fully saturated rings. The maximum Gasteiger partial charge on any atom is 0.272 e. The molecule has 0 saturated carbocycles. The summed E-state index contributed by atoms with van der Waals surface area (Å²) in [6, 6.07) is 2.97. The number of pyridine rings is 2. The molecule has 1 N–H and O–H groups in total. The first kappa shape index (κ1) is 21.1. The van der Waals surface area contributed by atoms with Gasteiger partial charge in [-0.1, -0.05) is 0 Å². The highest BCUT2D eigenvalue weighted by Gasteiger charge is 2.36. The van der Waals surface area contributed by atoms with Crippen molar-refractivity contribution in [2.24, 2.45) is 0 Å². The molecule has 0 radical (unpaired) electrons. The molecule has 1 saturated heterocycles. The van der Waals surface area contributed by atoms with Gasteiger partial charge in [0.25, 0.3) is 17.7 Å². The number of nitrogens with zero attached hydrogens (tertiary/aromatic N) is 4. The van der Waals surface area contributed by atoms with E-state index in [4.69, 9.17) is 0 Å². The quantitative estimate of drug-likeness (QED) is 0.806. The maximum absolute atomic E-state index is 14.4. The Morgan fingerprint density at radius 1 is 1.10 bits per heavy atom. The predicted molar refractivity (Wildman–Crippen MR) is 107 cm³/mol. The van der Waals surface area contributed by atoms with E-state index in [9.17, 15) is 22.8 Å². The van der Waals surface area contributed by atoms with Crippen LogP contribution < -0.4 is 10.2 Å². The van der Waals surface area contributed by atoms with Crippen LogP contribution in [0.1, 0.15) is 45.7 Å². The first-order valence-corrected chi connectivity index (χ1v) is 10.1. The summed E-state index contributed by atoms with van der Waals surface area (Å²) in [4.78, 5) is 36.0. The highest BCUT2D eigenvalue weighted by Crippen LogP contribution is 2.33. The summed E-state index contributed by atoms with van der Waals surface area (Å²) in [6.07, 6.45) is 3.60. The van der Waals surface area contributed by atoms with Gasteiger partial charge in [-0.3, -0.25) is 9.59 Å². The molecule has 10 heteroatoms. The smallest absolute Gasteiger partial charge is 0.272 e. The van der Waals surface area contributed by atoms with Crippen molar-refractivity contribution in [1.82, 2.24) is 20.2 Å². The summed E-state index contributed by atoms with van der Waals surface area (Å²) in [7, 11) is 1.40. The van der Waals surface area contributed by atoms with Crippen LogP contribution in [0.25, 0.3) is 0 Å². The van der Waals surface area contributed by atoms with Crippen molar-refractivity contribution in [3.63, 3.8) is 0 Å². The monoisotopic (exact) mass is 433 g/mol. The third kappa shape index (κ3) is 4.19. The summed E-state index contributed by atoms with van der Waals surface area (Å²) < 4.78 is 41.1. The summed E-state index contributed by atoms with van der Waals surface area (Å²) in [5.41, 5.74) is 1.33. The van der Waals surface area contributed by atoms with Crippen molar-refractivity contribution < 1.29 is 22.8 Å². The van der Waals surface area contributed by atoms with Gasteiger partial charge in [-0.15, -0.1) is 0 Å². The topological polar surface area (TPSA) is 78.4 Å². The van der Waals surface area contributed by atoms with Gasteiger partial charge in [-0.05, 0) is 24.5 Å². The van der Waals surface area contributed by atoms with Gasteiger partial charge in [0, 0.05) is 51.8 Å². The highest BCUT2D eigenvalue weighted by molar-refractivity contribution is 5.95. The van der Waals surface area contributed by atoms with Crippen molar-refractivity contribution in [1.29, 1.82) is 0 Å². The van der Waals surface area contributed by atoms with Gasteiger partial charge in [0.2, 0.25) is 0 Å². The Morgan fingerprint density at radius 3 is 2.52 bits per heavy atom. The van der Waals surface area contributed by atoms with E-state index >= 15 is 0 Å². The number of amides is 2. The number of likely N-dealkylation sites (tertiary alicyclic amines) is 1. The Morgan fingerprint density at radius 2 is 1.84 bits per heavy atom. The fraction of sp³-hybridized carbons (Fsp3) is 0.429. The second kappa shape index (κ2) is 8.16. The number of alkyl halides is 2. The lowest BCUT2D eigenvalue weighted by Gasteiger charge is -2.33. The molecule has 0 spiro atoms. The lowest BCUT2D eigenvalue weighted by molar-refractivity contribution is -0.0494. The number of hydrogen-bond donors (Lipinski definition) is 1. The number of carbonyl (C=O) groups is 2. The van der Waals surface area contributed by atoms with Gasteiger partial charge in [-0.25, -0.2) is 23.1 Å². The van der Waals surface area contributed by atoms with E-state index < -0.39 is 17.6 Å². The maximum atomic E-state index is 14.4. The van der Waals surface area contributed by atoms with E-state index in [0.717, 1.165) is 12.0 Å². The molecule has 31 heavy (non-hydrogen) atoms. The largest absolute Gasteiger partial charge is 0.354 e. The van der Waals surface area contributed by atoms with Gasteiger partial charge in [-0.2, -0.15) is 0 Å². The standard InChI is InChI=1S/C21H22F3N5O2/c1-25-19(30)17-16(22)10-15(12-26-17)29-6-2-3-13-9-14(11-27-18(13)29)20(31)28-7-4-21(23,24)5-8-28/h9-12H,2-8H2,1H3,(H,25,30). The number of carbonyl (C=O) groups excluding carboxylic acids is 2. The van der Waals surface area contributed by atoms with Crippen molar-refractivity contribution in [2.45, 2.75) is 31.6 Å². The first-order valence-electron chi connectivity index (χ1n) is 10.1. The lowest BCUT2D eigenvalue weighted by atomic mass is 10.0. The molecule has 7 nitrogen and oxygen atoms in total. The van der Waals surface area contributed by atoms with Gasteiger partial charge in [0.15, 0.2) is 11.5 Å². The number of piperidine rings is 1. The second-order valence-electron chi connectivity index (χ2n) is 7.71. The zero-order valence-corrected chi connectivity index (χ0v) is 17.0.